The Kier molecular flexibility index (Phi) is 4.39. The fourth-order valence-corrected chi connectivity index (χ4v) is 2.03. The minimum atomic E-state index is -1.02. The first-order valence-electron chi connectivity index (χ1n) is 6.21. The molecule has 2 aromatic rings. The van der Waals surface area contributed by atoms with Crippen molar-refractivity contribution in [2.75, 3.05) is 14.2 Å². The van der Waals surface area contributed by atoms with Crippen molar-refractivity contribution in [3.8, 4) is 11.5 Å². The molecule has 0 aliphatic rings. The molecular weight excluding hydrogens is 274 g/mol. The number of hydrogen-bond acceptors (Lipinski definition) is 5. The van der Waals surface area contributed by atoms with Crippen LogP contribution in [0.2, 0.25) is 0 Å². The third-order valence-electron chi connectivity index (χ3n) is 3.13. The first-order chi connectivity index (χ1) is 10.1. The lowest BCUT2D eigenvalue weighted by Crippen LogP contribution is -2.03. The highest BCUT2D eigenvalue weighted by Crippen LogP contribution is 2.33. The Bertz CT molecular complexity index is 656. The molecule has 0 aliphatic carbocycles. The average molecular weight is 289 g/mol. The van der Waals surface area contributed by atoms with Crippen LogP contribution < -0.4 is 9.47 Å². The number of non-ortho nitro benzene ring substituents is 1. The van der Waals surface area contributed by atoms with E-state index in [0.29, 0.717) is 22.6 Å². The van der Waals surface area contributed by atoms with Gasteiger partial charge in [-0.05, 0) is 17.7 Å². The molecule has 0 saturated heterocycles. The van der Waals surface area contributed by atoms with Crippen LogP contribution in [-0.2, 0) is 0 Å². The zero-order valence-electron chi connectivity index (χ0n) is 11.6. The summed E-state index contributed by atoms with van der Waals surface area (Å²) >= 11 is 0. The minimum Gasteiger partial charge on any atom is -0.497 e. The lowest BCUT2D eigenvalue weighted by Gasteiger charge is -2.16. The molecule has 6 heteroatoms. The Balaban J connectivity index is 2.41. The molecule has 21 heavy (non-hydrogen) atoms. The number of nitro benzene ring substituents is 1. The van der Waals surface area contributed by atoms with Crippen molar-refractivity contribution in [1.29, 1.82) is 0 Å². The molecule has 6 nitrogen and oxygen atoms in total. The zero-order valence-corrected chi connectivity index (χ0v) is 11.6. The summed E-state index contributed by atoms with van der Waals surface area (Å²) in [5.41, 5.74) is 0.866. The van der Waals surface area contributed by atoms with Gasteiger partial charge in [0.1, 0.15) is 17.6 Å². The number of nitro groups is 1. The molecule has 1 atom stereocenters. The van der Waals surface area contributed by atoms with Gasteiger partial charge in [0, 0.05) is 23.8 Å². The van der Waals surface area contributed by atoms with E-state index in [0.717, 1.165) is 0 Å². The van der Waals surface area contributed by atoms with Gasteiger partial charge in [-0.2, -0.15) is 0 Å². The highest BCUT2D eigenvalue weighted by atomic mass is 16.6. The number of nitrogens with zero attached hydrogens (tertiary/aromatic N) is 1. The molecular formula is C15H15NO5. The van der Waals surface area contributed by atoms with E-state index in [1.807, 2.05) is 0 Å². The van der Waals surface area contributed by atoms with Gasteiger partial charge in [0.15, 0.2) is 0 Å². The van der Waals surface area contributed by atoms with Gasteiger partial charge in [-0.25, -0.2) is 0 Å². The van der Waals surface area contributed by atoms with Crippen LogP contribution in [0, 0.1) is 10.1 Å². The zero-order chi connectivity index (χ0) is 15.4. The van der Waals surface area contributed by atoms with E-state index in [4.69, 9.17) is 9.47 Å². The van der Waals surface area contributed by atoms with E-state index in [1.54, 1.807) is 24.3 Å². The quantitative estimate of drug-likeness (QED) is 0.676. The van der Waals surface area contributed by atoms with Crippen LogP contribution in [0.1, 0.15) is 17.2 Å². The van der Waals surface area contributed by atoms with Crippen LogP contribution in [0.3, 0.4) is 0 Å². The molecule has 110 valence electrons. The lowest BCUT2D eigenvalue weighted by molar-refractivity contribution is -0.385. The smallest absolute Gasteiger partial charge is 0.269 e. The summed E-state index contributed by atoms with van der Waals surface area (Å²) in [6.07, 6.45) is -1.02. The summed E-state index contributed by atoms with van der Waals surface area (Å²) in [7, 11) is 3.02. The van der Waals surface area contributed by atoms with E-state index in [1.165, 1.54) is 32.4 Å². The summed E-state index contributed by atoms with van der Waals surface area (Å²) in [4.78, 5) is 10.3. The van der Waals surface area contributed by atoms with E-state index in [9.17, 15) is 15.2 Å². The first-order valence-corrected chi connectivity index (χ1v) is 6.21. The van der Waals surface area contributed by atoms with Crippen LogP contribution in [0.4, 0.5) is 5.69 Å². The molecule has 0 radical (unpaired) electrons. The molecule has 0 fully saturated rings. The average Bonchev–Trinajstić information content (AvgIpc) is 2.53. The number of ether oxygens (including phenoxy) is 2. The van der Waals surface area contributed by atoms with Crippen LogP contribution in [0.5, 0.6) is 11.5 Å². The molecule has 2 rings (SSSR count). The second kappa shape index (κ2) is 6.23. The van der Waals surface area contributed by atoms with Gasteiger partial charge in [-0.15, -0.1) is 0 Å². The van der Waals surface area contributed by atoms with Crippen molar-refractivity contribution in [3.05, 3.63) is 63.7 Å². The van der Waals surface area contributed by atoms with E-state index in [2.05, 4.69) is 0 Å². The van der Waals surface area contributed by atoms with E-state index in [-0.39, 0.29) is 5.69 Å². The molecule has 2 aromatic carbocycles. The Hall–Kier alpha value is -2.60. The van der Waals surface area contributed by atoms with Gasteiger partial charge in [-0.1, -0.05) is 12.1 Å². The SMILES string of the molecule is COc1ccc([C@@H](O)c2cccc([N+](=O)[O-])c2)c(OC)c1. The van der Waals surface area contributed by atoms with Crippen molar-refractivity contribution >= 4 is 5.69 Å². The van der Waals surface area contributed by atoms with Crippen molar-refractivity contribution in [3.63, 3.8) is 0 Å². The monoisotopic (exact) mass is 289 g/mol. The van der Waals surface area contributed by atoms with Crippen LogP contribution >= 0.6 is 0 Å². The van der Waals surface area contributed by atoms with Gasteiger partial charge < -0.3 is 14.6 Å². The topological polar surface area (TPSA) is 81.8 Å². The Morgan fingerprint density at radius 1 is 1.14 bits per heavy atom. The number of aliphatic hydroxyl groups is 1. The van der Waals surface area contributed by atoms with Crippen molar-refractivity contribution in [2.45, 2.75) is 6.10 Å². The summed E-state index contributed by atoms with van der Waals surface area (Å²) in [5.74, 6) is 1.05. The van der Waals surface area contributed by atoms with Crippen LogP contribution in [0.15, 0.2) is 42.5 Å². The lowest BCUT2D eigenvalue weighted by atomic mass is 10.00. The van der Waals surface area contributed by atoms with Crippen molar-refractivity contribution < 1.29 is 19.5 Å². The Morgan fingerprint density at radius 3 is 2.52 bits per heavy atom. The van der Waals surface area contributed by atoms with E-state index < -0.39 is 11.0 Å². The number of rotatable bonds is 5. The summed E-state index contributed by atoms with van der Waals surface area (Å²) in [5, 5.41) is 21.2. The molecule has 0 saturated carbocycles. The summed E-state index contributed by atoms with van der Waals surface area (Å²) in [6.45, 7) is 0. The second-order valence-corrected chi connectivity index (χ2v) is 4.36. The van der Waals surface area contributed by atoms with E-state index >= 15 is 0 Å². The predicted octanol–water partition coefficient (Wildman–Crippen LogP) is 2.69. The van der Waals surface area contributed by atoms with Crippen molar-refractivity contribution in [1.82, 2.24) is 0 Å². The fraction of sp³-hybridized carbons (Fsp3) is 0.200. The predicted molar refractivity (Wildman–Crippen MR) is 76.7 cm³/mol. The van der Waals surface area contributed by atoms with Crippen molar-refractivity contribution in [2.24, 2.45) is 0 Å². The Labute approximate surface area is 121 Å². The van der Waals surface area contributed by atoms with Gasteiger partial charge in [0.2, 0.25) is 0 Å². The van der Waals surface area contributed by atoms with Gasteiger partial charge >= 0.3 is 0 Å². The molecule has 0 amide bonds. The van der Waals surface area contributed by atoms with Crippen LogP contribution in [-0.4, -0.2) is 24.2 Å². The summed E-state index contributed by atoms with van der Waals surface area (Å²) in [6, 6.07) is 10.9. The third kappa shape index (κ3) is 3.11. The number of benzene rings is 2. The molecule has 0 spiro atoms. The maximum atomic E-state index is 10.8. The van der Waals surface area contributed by atoms with Gasteiger partial charge in [0.25, 0.3) is 5.69 Å². The normalized spacial score (nSPS) is 11.8. The molecule has 0 aromatic heterocycles. The van der Waals surface area contributed by atoms with Gasteiger partial charge in [0.05, 0.1) is 19.1 Å². The Morgan fingerprint density at radius 2 is 1.90 bits per heavy atom. The molecule has 0 bridgehead atoms. The maximum absolute atomic E-state index is 10.8. The highest BCUT2D eigenvalue weighted by Gasteiger charge is 2.18. The van der Waals surface area contributed by atoms with Gasteiger partial charge in [-0.3, -0.25) is 10.1 Å². The second-order valence-electron chi connectivity index (χ2n) is 4.36. The fourth-order valence-electron chi connectivity index (χ4n) is 2.03. The number of methoxy groups -OCH3 is 2. The molecule has 0 heterocycles. The first kappa shape index (κ1) is 14.8. The standard InChI is InChI=1S/C15H15NO5/c1-20-12-6-7-13(14(9-12)21-2)15(17)10-4-3-5-11(8-10)16(18)19/h3-9,15,17H,1-2H3/t15-/m0/s1. The van der Waals surface area contributed by atoms with Crippen LogP contribution in [0.25, 0.3) is 0 Å². The molecule has 0 aliphatic heterocycles. The molecule has 1 N–H and O–H groups in total. The maximum Gasteiger partial charge on any atom is 0.269 e. The number of hydrogen-bond donors (Lipinski definition) is 1. The summed E-state index contributed by atoms with van der Waals surface area (Å²) < 4.78 is 10.3. The largest absolute Gasteiger partial charge is 0.497 e. The third-order valence-corrected chi connectivity index (χ3v) is 3.13. The highest BCUT2D eigenvalue weighted by molar-refractivity contribution is 5.46. The number of aliphatic hydroxyl groups excluding tert-OH is 1. The molecule has 0 unspecified atom stereocenters. The minimum absolute atomic E-state index is 0.0703.